The predicted octanol–water partition coefficient (Wildman–Crippen LogP) is 3.97. The number of carbonyl (C=O) groups is 2. The van der Waals surface area contributed by atoms with Crippen molar-refractivity contribution in [2.75, 3.05) is 19.4 Å². The van der Waals surface area contributed by atoms with Crippen LogP contribution in [0.1, 0.15) is 53.4 Å². The first-order valence-electron chi connectivity index (χ1n) is 9.11. The first kappa shape index (κ1) is 21.7. The Hall–Kier alpha value is -1.30. The van der Waals surface area contributed by atoms with E-state index in [2.05, 4.69) is 18.8 Å². The summed E-state index contributed by atoms with van der Waals surface area (Å²) in [6.45, 7) is 8.16. The summed E-state index contributed by atoms with van der Waals surface area (Å²) in [6.07, 6.45) is 2.36. The number of esters is 1. The van der Waals surface area contributed by atoms with Gasteiger partial charge in [0.25, 0.3) is 0 Å². The molecule has 0 saturated heterocycles. The molecule has 6 heteroatoms. The molecule has 0 spiro atoms. The van der Waals surface area contributed by atoms with Crippen LogP contribution in [0.15, 0.2) is 16.3 Å². The van der Waals surface area contributed by atoms with Crippen LogP contribution in [0.3, 0.4) is 0 Å². The number of nitrogens with zero attached hydrogens (tertiary/aromatic N) is 1. The van der Waals surface area contributed by atoms with E-state index in [1.54, 1.807) is 25.7 Å². The number of Topliss-reactive ketones (excluding diaryl/α,β-unsaturated/α-hetero) is 1. The molecule has 1 rings (SSSR count). The highest BCUT2D eigenvalue weighted by molar-refractivity contribution is 7.99. The van der Waals surface area contributed by atoms with Crippen molar-refractivity contribution in [2.45, 2.75) is 58.6 Å². The van der Waals surface area contributed by atoms with Gasteiger partial charge in [-0.25, -0.2) is 0 Å². The van der Waals surface area contributed by atoms with Crippen molar-refractivity contribution in [2.24, 2.45) is 16.8 Å². The van der Waals surface area contributed by atoms with Gasteiger partial charge < -0.3 is 9.84 Å². The lowest BCUT2D eigenvalue weighted by Crippen LogP contribution is -2.38. The Bertz CT molecular complexity index is 542. The number of thioether (sulfide) groups is 1. The van der Waals surface area contributed by atoms with E-state index < -0.39 is 11.9 Å². The molecule has 1 aliphatic carbocycles. The van der Waals surface area contributed by atoms with Crippen molar-refractivity contribution < 1.29 is 19.4 Å². The first-order chi connectivity index (χ1) is 11.9. The quantitative estimate of drug-likeness (QED) is 0.491. The zero-order valence-corrected chi connectivity index (χ0v) is 16.8. The van der Waals surface area contributed by atoms with Crippen molar-refractivity contribution in [1.82, 2.24) is 0 Å². The molecule has 142 valence electrons. The number of allylic oxidation sites excluding steroid dienone is 1. The van der Waals surface area contributed by atoms with Gasteiger partial charge in [-0.3, -0.25) is 14.6 Å². The molecule has 1 N–H and O–H groups in total. The number of hydrogen-bond donors (Lipinski definition) is 1. The van der Waals surface area contributed by atoms with Crippen LogP contribution in [0.2, 0.25) is 0 Å². The molecule has 0 heterocycles. The largest absolute Gasteiger partial charge is 0.511 e. The van der Waals surface area contributed by atoms with Gasteiger partial charge in [-0.05, 0) is 31.4 Å². The van der Waals surface area contributed by atoms with Gasteiger partial charge in [-0.15, -0.1) is 0 Å². The van der Waals surface area contributed by atoms with Gasteiger partial charge in [0.15, 0.2) is 5.78 Å². The van der Waals surface area contributed by atoms with Gasteiger partial charge in [-0.1, -0.05) is 27.2 Å². The molecule has 0 unspecified atom stereocenters. The van der Waals surface area contributed by atoms with Crippen LogP contribution in [0, 0.1) is 11.8 Å². The van der Waals surface area contributed by atoms with E-state index in [1.807, 2.05) is 6.92 Å². The fourth-order valence-corrected chi connectivity index (χ4v) is 4.36. The van der Waals surface area contributed by atoms with Gasteiger partial charge in [-0.2, -0.15) is 11.8 Å². The smallest absolute Gasteiger partial charge is 0.316 e. The first-order valence-corrected chi connectivity index (χ1v) is 10.2. The van der Waals surface area contributed by atoms with Crippen LogP contribution in [0.5, 0.6) is 0 Å². The molecule has 3 atom stereocenters. The molecule has 0 fully saturated rings. The molecule has 0 saturated carbocycles. The average molecular weight is 370 g/mol. The maximum absolute atomic E-state index is 12.7. The minimum absolute atomic E-state index is 0.120. The Morgan fingerprint density at radius 2 is 2.08 bits per heavy atom. The minimum atomic E-state index is -0.777. The molecule has 0 aliphatic heterocycles. The number of hydrogen-bond acceptors (Lipinski definition) is 6. The molecule has 0 radical (unpaired) electrons. The monoisotopic (exact) mass is 369 g/mol. The van der Waals surface area contributed by atoms with E-state index >= 15 is 0 Å². The van der Waals surface area contributed by atoms with E-state index in [0.717, 1.165) is 12.2 Å². The minimum Gasteiger partial charge on any atom is -0.511 e. The number of ether oxygens (including phenoxy) is 1. The Balaban J connectivity index is 3.26. The van der Waals surface area contributed by atoms with Crippen LogP contribution in [0.4, 0.5) is 0 Å². The lowest BCUT2D eigenvalue weighted by molar-refractivity contribution is -0.150. The SMILES string of the molecule is CCCC(=NC)C1=C(O)[C@@H](C(=O)OCC)[C@@H](C[C@H](C)SCC)CC1=O. The third-order valence-electron chi connectivity index (χ3n) is 4.42. The number of rotatable bonds is 9. The highest BCUT2D eigenvalue weighted by atomic mass is 32.2. The van der Waals surface area contributed by atoms with Crippen LogP contribution in [-0.2, 0) is 14.3 Å². The van der Waals surface area contributed by atoms with Crippen molar-refractivity contribution in [3.63, 3.8) is 0 Å². The summed E-state index contributed by atoms with van der Waals surface area (Å²) < 4.78 is 5.19. The van der Waals surface area contributed by atoms with Crippen LogP contribution in [0.25, 0.3) is 0 Å². The molecule has 25 heavy (non-hydrogen) atoms. The highest BCUT2D eigenvalue weighted by Gasteiger charge is 2.43. The number of ketones is 1. The zero-order chi connectivity index (χ0) is 19.0. The summed E-state index contributed by atoms with van der Waals surface area (Å²) in [4.78, 5) is 29.4. The summed E-state index contributed by atoms with van der Waals surface area (Å²) in [7, 11) is 1.62. The van der Waals surface area contributed by atoms with E-state index in [-0.39, 0.29) is 36.1 Å². The van der Waals surface area contributed by atoms with Gasteiger partial charge >= 0.3 is 5.97 Å². The normalized spacial score (nSPS) is 22.9. The van der Waals surface area contributed by atoms with Crippen molar-refractivity contribution in [3.8, 4) is 0 Å². The van der Waals surface area contributed by atoms with Gasteiger partial charge in [0, 0.05) is 24.4 Å². The second-order valence-electron chi connectivity index (χ2n) is 6.30. The van der Waals surface area contributed by atoms with Crippen LogP contribution < -0.4 is 0 Å². The Kier molecular flexibility index (Phi) is 9.25. The topological polar surface area (TPSA) is 76.0 Å². The lowest BCUT2D eigenvalue weighted by atomic mass is 9.74. The summed E-state index contributed by atoms with van der Waals surface area (Å²) in [5.74, 6) is -0.753. The molecular weight excluding hydrogens is 338 g/mol. The average Bonchev–Trinajstić information content (AvgIpc) is 2.54. The summed E-state index contributed by atoms with van der Waals surface area (Å²) >= 11 is 1.79. The molecular formula is C19H31NO4S. The van der Waals surface area contributed by atoms with E-state index in [1.165, 1.54) is 0 Å². The standard InChI is InChI=1S/C19H31NO4S/c1-6-9-14(20-5)17-15(21)11-13(10-12(4)25-8-3)16(18(17)22)19(23)24-7-2/h12-13,16,22H,6-11H2,1-5H3/t12-,13-,16-/m0/s1. The highest BCUT2D eigenvalue weighted by Crippen LogP contribution is 2.38. The van der Waals surface area contributed by atoms with Crippen molar-refractivity contribution in [1.29, 1.82) is 0 Å². The molecule has 0 amide bonds. The van der Waals surface area contributed by atoms with E-state index in [4.69, 9.17) is 4.74 Å². The zero-order valence-electron chi connectivity index (χ0n) is 16.0. The summed E-state index contributed by atoms with van der Waals surface area (Å²) in [5, 5.41) is 11.1. The lowest BCUT2D eigenvalue weighted by Gasteiger charge is -2.32. The third kappa shape index (κ3) is 5.59. The summed E-state index contributed by atoms with van der Waals surface area (Å²) in [5.41, 5.74) is 0.809. The molecule has 0 bridgehead atoms. The second-order valence-corrected chi connectivity index (χ2v) is 8.01. The molecule has 0 aromatic carbocycles. The molecule has 5 nitrogen and oxygen atoms in total. The predicted molar refractivity (Wildman–Crippen MR) is 103 cm³/mol. The third-order valence-corrected chi connectivity index (χ3v) is 5.52. The Labute approximate surface area is 155 Å². The van der Waals surface area contributed by atoms with Gasteiger partial charge in [0.2, 0.25) is 0 Å². The van der Waals surface area contributed by atoms with Crippen LogP contribution in [-0.4, -0.2) is 47.2 Å². The fourth-order valence-electron chi connectivity index (χ4n) is 3.41. The molecule has 1 aliphatic rings. The van der Waals surface area contributed by atoms with Crippen molar-refractivity contribution in [3.05, 3.63) is 11.3 Å². The Morgan fingerprint density at radius 1 is 1.40 bits per heavy atom. The van der Waals surface area contributed by atoms with Crippen molar-refractivity contribution >= 4 is 29.2 Å². The van der Waals surface area contributed by atoms with Gasteiger partial charge in [0.05, 0.1) is 12.2 Å². The maximum Gasteiger partial charge on any atom is 0.316 e. The van der Waals surface area contributed by atoms with Crippen LogP contribution >= 0.6 is 11.8 Å². The number of aliphatic imine (C=N–C) groups is 1. The van der Waals surface area contributed by atoms with Gasteiger partial charge in [0.1, 0.15) is 11.7 Å². The molecule has 0 aromatic heterocycles. The Morgan fingerprint density at radius 3 is 2.60 bits per heavy atom. The molecule has 0 aromatic rings. The maximum atomic E-state index is 12.7. The summed E-state index contributed by atoms with van der Waals surface area (Å²) in [6, 6.07) is 0. The number of aliphatic hydroxyl groups is 1. The second kappa shape index (κ2) is 10.6. The fraction of sp³-hybridized carbons (Fsp3) is 0.737. The van der Waals surface area contributed by atoms with E-state index in [0.29, 0.717) is 23.8 Å². The van der Waals surface area contributed by atoms with E-state index in [9.17, 15) is 14.7 Å². The number of aliphatic hydroxyl groups excluding tert-OH is 1. The number of carbonyl (C=O) groups excluding carboxylic acids is 2.